The Morgan fingerprint density at radius 3 is 2.61 bits per heavy atom. The van der Waals surface area contributed by atoms with Gasteiger partial charge in [0.15, 0.2) is 11.6 Å². The fourth-order valence-corrected chi connectivity index (χ4v) is 4.09. The summed E-state index contributed by atoms with van der Waals surface area (Å²) in [5.41, 5.74) is 2.01. The van der Waals surface area contributed by atoms with Gasteiger partial charge in [-0.25, -0.2) is 14.2 Å². The summed E-state index contributed by atoms with van der Waals surface area (Å²) in [6.45, 7) is 3.86. The number of rotatable bonds is 5. The van der Waals surface area contributed by atoms with Crippen molar-refractivity contribution in [2.24, 2.45) is 0 Å². The van der Waals surface area contributed by atoms with Crippen molar-refractivity contribution >= 4 is 29.4 Å². The third-order valence-corrected chi connectivity index (χ3v) is 6.07. The van der Waals surface area contributed by atoms with Crippen molar-refractivity contribution in [1.82, 2.24) is 20.3 Å². The van der Waals surface area contributed by atoms with Crippen molar-refractivity contribution in [3.8, 4) is 22.8 Å². The molecule has 0 radical (unpaired) electrons. The number of anilines is 2. The number of carbonyl (C=O) groups excluding carboxylic acids is 1. The second kappa shape index (κ2) is 10.1. The van der Waals surface area contributed by atoms with Gasteiger partial charge in [0.25, 0.3) is 0 Å². The molecule has 2 heterocycles. The summed E-state index contributed by atoms with van der Waals surface area (Å²) in [7, 11) is 1.56. The highest BCUT2D eigenvalue weighted by molar-refractivity contribution is 7.98. The van der Waals surface area contributed by atoms with Crippen LogP contribution in [0.15, 0.2) is 47.4 Å². The second-order valence-corrected chi connectivity index (χ2v) is 8.37. The molecule has 0 saturated carbocycles. The van der Waals surface area contributed by atoms with Crippen LogP contribution in [0.4, 0.5) is 20.8 Å². The molecule has 1 aliphatic heterocycles. The molecule has 1 fully saturated rings. The molecule has 1 saturated heterocycles. The molecule has 2 N–H and O–H groups in total. The molecule has 2 amide bonds. The first-order valence-electron chi connectivity index (χ1n) is 10.5. The van der Waals surface area contributed by atoms with E-state index >= 15 is 0 Å². The van der Waals surface area contributed by atoms with E-state index in [4.69, 9.17) is 19.7 Å². The van der Waals surface area contributed by atoms with Crippen LogP contribution in [0.1, 0.15) is 6.92 Å². The maximum Gasteiger partial charge on any atom is 0.318 e. The molecule has 33 heavy (non-hydrogen) atoms. The average molecular weight is 469 g/mol. The van der Waals surface area contributed by atoms with Gasteiger partial charge in [-0.15, -0.1) is 11.8 Å². The summed E-state index contributed by atoms with van der Waals surface area (Å²) < 4.78 is 19.7. The number of amides is 2. The summed E-state index contributed by atoms with van der Waals surface area (Å²) in [5.74, 6) is 1.05. The van der Waals surface area contributed by atoms with E-state index in [2.05, 4.69) is 22.5 Å². The molecule has 1 atom stereocenters. The number of aromatic nitrogens is 3. The van der Waals surface area contributed by atoms with E-state index in [-0.39, 0.29) is 17.9 Å². The summed E-state index contributed by atoms with van der Waals surface area (Å²) >= 11 is 1.51. The molecule has 0 spiro atoms. The molecular formula is C23H25FN6O2S. The Morgan fingerprint density at radius 1 is 1.15 bits per heavy atom. The number of nitrogens with zero attached hydrogens (tertiary/aromatic N) is 4. The van der Waals surface area contributed by atoms with Crippen molar-refractivity contribution in [3.05, 3.63) is 48.3 Å². The number of nitrogens with one attached hydrogen (secondary N) is 2. The molecule has 8 nitrogen and oxygen atoms in total. The topological polar surface area (TPSA) is 92.3 Å². The first-order valence-corrected chi connectivity index (χ1v) is 11.7. The lowest BCUT2D eigenvalue weighted by Gasteiger charge is -2.33. The number of urea groups is 1. The van der Waals surface area contributed by atoms with Gasteiger partial charge in [-0.05, 0) is 55.6 Å². The predicted octanol–water partition coefficient (Wildman–Crippen LogP) is 4.04. The van der Waals surface area contributed by atoms with E-state index in [9.17, 15) is 9.18 Å². The van der Waals surface area contributed by atoms with Gasteiger partial charge in [-0.1, -0.05) is 0 Å². The minimum absolute atomic E-state index is 0.0912. The van der Waals surface area contributed by atoms with Crippen molar-refractivity contribution in [2.75, 3.05) is 43.3 Å². The maximum atomic E-state index is 14.1. The van der Waals surface area contributed by atoms with E-state index in [1.54, 1.807) is 25.2 Å². The Bertz CT molecular complexity index is 1140. The van der Waals surface area contributed by atoms with Gasteiger partial charge < -0.3 is 20.3 Å². The Kier molecular flexibility index (Phi) is 7.05. The fraction of sp³-hybridized carbons (Fsp3) is 0.304. The predicted molar refractivity (Wildman–Crippen MR) is 128 cm³/mol. The smallest absolute Gasteiger partial charge is 0.318 e. The van der Waals surface area contributed by atoms with Crippen LogP contribution in [0, 0.1) is 5.82 Å². The third kappa shape index (κ3) is 5.23. The Labute approximate surface area is 196 Å². The van der Waals surface area contributed by atoms with E-state index in [1.807, 2.05) is 18.4 Å². The number of carbonyl (C=O) groups is 1. The Morgan fingerprint density at radius 2 is 1.91 bits per heavy atom. The third-order valence-electron chi connectivity index (χ3n) is 5.28. The molecule has 3 aromatic rings. The average Bonchev–Trinajstić information content (AvgIpc) is 2.84. The Balaban J connectivity index is 1.80. The molecule has 0 bridgehead atoms. The van der Waals surface area contributed by atoms with E-state index in [1.165, 1.54) is 23.9 Å². The number of ether oxygens (including phenoxy) is 1. The van der Waals surface area contributed by atoms with Gasteiger partial charge in [0, 0.05) is 35.3 Å². The zero-order valence-corrected chi connectivity index (χ0v) is 19.4. The molecule has 1 aliphatic rings. The van der Waals surface area contributed by atoms with Gasteiger partial charge in [-0.2, -0.15) is 9.97 Å². The van der Waals surface area contributed by atoms with Crippen LogP contribution >= 0.6 is 11.8 Å². The lowest BCUT2D eigenvalue weighted by molar-refractivity contribution is 0.0981. The standard InChI is InChI=1S/C23H25FN6O2S/c1-14-13-32-11-10-30(14)22-28-20(15-4-7-17(8-5-15)26-23(31)25-2)27-21(29-22)18-12-16(24)6-9-19(18)33-3/h4-9,12,14H,10-11,13H2,1-3H3,(H2,25,26,31). The summed E-state index contributed by atoms with van der Waals surface area (Å²) in [4.78, 5) is 28.7. The summed E-state index contributed by atoms with van der Waals surface area (Å²) in [5, 5.41) is 5.25. The molecule has 1 unspecified atom stereocenters. The number of hydrogen-bond donors (Lipinski definition) is 2. The number of benzene rings is 2. The lowest BCUT2D eigenvalue weighted by atomic mass is 10.1. The zero-order chi connectivity index (χ0) is 23.4. The molecule has 2 aromatic carbocycles. The van der Waals surface area contributed by atoms with Crippen molar-refractivity contribution < 1.29 is 13.9 Å². The molecule has 1 aromatic heterocycles. The van der Waals surface area contributed by atoms with Crippen LogP contribution in [0.3, 0.4) is 0 Å². The van der Waals surface area contributed by atoms with Crippen LogP contribution in [0.5, 0.6) is 0 Å². The van der Waals surface area contributed by atoms with Gasteiger partial charge in [0.2, 0.25) is 5.95 Å². The number of hydrogen-bond acceptors (Lipinski definition) is 7. The highest BCUT2D eigenvalue weighted by Gasteiger charge is 2.24. The molecule has 0 aliphatic carbocycles. The minimum Gasteiger partial charge on any atom is -0.377 e. The van der Waals surface area contributed by atoms with Crippen LogP contribution < -0.4 is 15.5 Å². The highest BCUT2D eigenvalue weighted by Crippen LogP contribution is 2.31. The molecular weight excluding hydrogens is 443 g/mol. The second-order valence-electron chi connectivity index (χ2n) is 7.53. The summed E-state index contributed by atoms with van der Waals surface area (Å²) in [6.07, 6.45) is 1.93. The van der Waals surface area contributed by atoms with Crippen molar-refractivity contribution in [3.63, 3.8) is 0 Å². The number of morpholine rings is 1. The largest absolute Gasteiger partial charge is 0.377 e. The number of halogens is 1. The van der Waals surface area contributed by atoms with Crippen molar-refractivity contribution in [2.45, 2.75) is 17.9 Å². The van der Waals surface area contributed by atoms with E-state index < -0.39 is 0 Å². The van der Waals surface area contributed by atoms with Crippen LogP contribution in [-0.4, -0.2) is 60.1 Å². The fourth-order valence-electron chi connectivity index (χ4n) is 3.52. The highest BCUT2D eigenvalue weighted by atomic mass is 32.2. The molecule has 10 heteroatoms. The summed E-state index contributed by atoms with van der Waals surface area (Å²) in [6, 6.07) is 11.6. The van der Waals surface area contributed by atoms with Crippen LogP contribution in [0.2, 0.25) is 0 Å². The normalized spacial score (nSPS) is 15.9. The van der Waals surface area contributed by atoms with Gasteiger partial charge >= 0.3 is 6.03 Å². The maximum absolute atomic E-state index is 14.1. The van der Waals surface area contributed by atoms with Crippen LogP contribution in [0.25, 0.3) is 22.8 Å². The van der Waals surface area contributed by atoms with E-state index in [0.717, 1.165) is 10.5 Å². The van der Waals surface area contributed by atoms with Crippen molar-refractivity contribution in [1.29, 1.82) is 0 Å². The molecule has 4 rings (SSSR count). The van der Waals surface area contributed by atoms with Gasteiger partial charge in [0.05, 0.1) is 19.3 Å². The quantitative estimate of drug-likeness (QED) is 0.546. The molecule has 172 valence electrons. The SMILES string of the molecule is CNC(=O)Nc1ccc(-c2nc(-c3cc(F)ccc3SC)nc(N3CCOCC3C)n2)cc1. The Hall–Kier alpha value is -3.24. The minimum atomic E-state index is -0.351. The number of thioether (sulfide) groups is 1. The van der Waals surface area contributed by atoms with Gasteiger partial charge in [-0.3, -0.25) is 0 Å². The lowest BCUT2D eigenvalue weighted by Crippen LogP contribution is -2.44. The zero-order valence-electron chi connectivity index (χ0n) is 18.6. The van der Waals surface area contributed by atoms with E-state index in [0.29, 0.717) is 48.6 Å². The van der Waals surface area contributed by atoms with Crippen LogP contribution in [-0.2, 0) is 4.74 Å². The monoisotopic (exact) mass is 468 g/mol. The van der Waals surface area contributed by atoms with Gasteiger partial charge in [0.1, 0.15) is 5.82 Å². The first kappa shape index (κ1) is 22.9. The first-order chi connectivity index (χ1) is 16.0.